The highest BCUT2D eigenvalue weighted by Crippen LogP contribution is 2.35. The van der Waals surface area contributed by atoms with Gasteiger partial charge >= 0.3 is 0 Å². The minimum Gasteiger partial charge on any atom is -0.490 e. The van der Waals surface area contributed by atoms with Gasteiger partial charge in [0.1, 0.15) is 5.75 Å². The van der Waals surface area contributed by atoms with Crippen molar-refractivity contribution in [1.29, 1.82) is 0 Å². The molecule has 0 aliphatic carbocycles. The van der Waals surface area contributed by atoms with Crippen LogP contribution in [0, 0.1) is 10.1 Å². The molecule has 1 atom stereocenters. The van der Waals surface area contributed by atoms with Gasteiger partial charge in [-0.2, -0.15) is 0 Å². The van der Waals surface area contributed by atoms with Crippen LogP contribution >= 0.6 is 11.8 Å². The normalized spacial score (nSPS) is 16.3. The summed E-state index contributed by atoms with van der Waals surface area (Å²) in [6, 6.07) is 13.2. The molecule has 1 fully saturated rings. The minimum atomic E-state index is -0.494. The Kier molecular flexibility index (Phi) is 6.33. The fourth-order valence-corrected chi connectivity index (χ4v) is 3.52. The Hall–Kier alpha value is -3.13. The maximum atomic E-state index is 12.8. The van der Waals surface area contributed by atoms with E-state index in [1.54, 1.807) is 18.2 Å². The van der Waals surface area contributed by atoms with Crippen LogP contribution in [0.1, 0.15) is 31.4 Å². The van der Waals surface area contributed by atoms with Gasteiger partial charge in [0.05, 0.1) is 22.5 Å². The summed E-state index contributed by atoms with van der Waals surface area (Å²) >= 11 is 0.872. The first-order valence-corrected chi connectivity index (χ1v) is 9.95. The van der Waals surface area contributed by atoms with Crippen LogP contribution in [0.25, 0.3) is 6.08 Å². The molecule has 1 saturated heterocycles. The third-order valence-electron chi connectivity index (χ3n) is 4.47. The number of para-hydroxylation sites is 1. The van der Waals surface area contributed by atoms with Gasteiger partial charge < -0.3 is 4.74 Å². The standard InChI is InChI=1S/C21H20N2O5S/c1-3-14(2)28-18-7-5-4-6-16(18)12-19-20(24)22(21(25)29-19)13-15-8-10-17(11-9-15)23(26)27/h4-12,14H,3,13H2,1-2H3/b19-12+/t14-/m1/s1. The summed E-state index contributed by atoms with van der Waals surface area (Å²) in [6.45, 7) is 4.05. The first kappa shape index (κ1) is 20.6. The van der Waals surface area contributed by atoms with Gasteiger partial charge in [0.15, 0.2) is 0 Å². The lowest BCUT2D eigenvalue weighted by Crippen LogP contribution is -2.27. The molecular weight excluding hydrogens is 392 g/mol. The van der Waals surface area contributed by atoms with Gasteiger partial charge in [-0.15, -0.1) is 0 Å². The van der Waals surface area contributed by atoms with Crippen molar-refractivity contribution in [3.63, 3.8) is 0 Å². The largest absolute Gasteiger partial charge is 0.490 e. The van der Waals surface area contributed by atoms with Crippen LogP contribution in [-0.2, 0) is 11.3 Å². The molecule has 0 unspecified atom stereocenters. The highest BCUT2D eigenvalue weighted by molar-refractivity contribution is 8.18. The van der Waals surface area contributed by atoms with E-state index < -0.39 is 10.8 Å². The molecule has 0 spiro atoms. The number of benzene rings is 2. The SMILES string of the molecule is CC[C@@H](C)Oc1ccccc1/C=C1/SC(=O)N(Cc2ccc([N+](=O)[O-])cc2)C1=O. The smallest absolute Gasteiger partial charge is 0.293 e. The number of non-ortho nitro benzene ring substituents is 1. The number of nitro groups is 1. The Morgan fingerprint density at radius 2 is 1.86 bits per heavy atom. The second kappa shape index (κ2) is 8.91. The maximum Gasteiger partial charge on any atom is 0.293 e. The van der Waals surface area contributed by atoms with Crippen molar-refractivity contribution in [2.24, 2.45) is 0 Å². The molecule has 2 aromatic rings. The molecule has 8 heteroatoms. The van der Waals surface area contributed by atoms with E-state index in [1.165, 1.54) is 12.1 Å². The lowest BCUT2D eigenvalue weighted by molar-refractivity contribution is -0.384. The average Bonchev–Trinajstić information content (AvgIpc) is 2.97. The third-order valence-corrected chi connectivity index (χ3v) is 5.38. The number of rotatable bonds is 7. The molecular formula is C21H20N2O5S. The molecule has 0 radical (unpaired) electrons. The summed E-state index contributed by atoms with van der Waals surface area (Å²) in [5, 5.41) is 10.4. The molecule has 29 heavy (non-hydrogen) atoms. The number of amides is 2. The summed E-state index contributed by atoms with van der Waals surface area (Å²) in [5.74, 6) is 0.265. The Balaban J connectivity index is 1.79. The number of carbonyl (C=O) groups excluding carboxylic acids is 2. The van der Waals surface area contributed by atoms with Crippen molar-refractivity contribution in [2.75, 3.05) is 0 Å². The van der Waals surface area contributed by atoms with Crippen molar-refractivity contribution >= 4 is 34.7 Å². The molecule has 1 heterocycles. The van der Waals surface area contributed by atoms with Crippen LogP contribution in [-0.4, -0.2) is 27.1 Å². The van der Waals surface area contributed by atoms with Crippen molar-refractivity contribution in [1.82, 2.24) is 4.90 Å². The number of ether oxygens (including phenoxy) is 1. The van der Waals surface area contributed by atoms with Gasteiger partial charge in [-0.3, -0.25) is 24.6 Å². The topological polar surface area (TPSA) is 89.8 Å². The third kappa shape index (κ3) is 4.83. The number of thioether (sulfide) groups is 1. The van der Waals surface area contributed by atoms with Gasteiger partial charge in [0.2, 0.25) is 0 Å². The van der Waals surface area contributed by atoms with E-state index in [-0.39, 0.29) is 23.6 Å². The molecule has 2 aromatic carbocycles. The fraction of sp³-hybridized carbons (Fsp3) is 0.238. The van der Waals surface area contributed by atoms with Crippen molar-refractivity contribution in [3.8, 4) is 5.75 Å². The van der Waals surface area contributed by atoms with Crippen molar-refractivity contribution in [3.05, 3.63) is 74.7 Å². The molecule has 0 aromatic heterocycles. The predicted octanol–water partition coefficient (Wildman–Crippen LogP) is 5.01. The molecule has 2 amide bonds. The Morgan fingerprint density at radius 1 is 1.17 bits per heavy atom. The molecule has 1 aliphatic rings. The van der Waals surface area contributed by atoms with E-state index in [9.17, 15) is 19.7 Å². The van der Waals surface area contributed by atoms with Crippen LogP contribution < -0.4 is 4.74 Å². The number of nitrogens with zero attached hydrogens (tertiary/aromatic N) is 2. The van der Waals surface area contributed by atoms with Crippen molar-refractivity contribution < 1.29 is 19.2 Å². The first-order valence-electron chi connectivity index (χ1n) is 9.13. The van der Waals surface area contributed by atoms with E-state index in [1.807, 2.05) is 38.1 Å². The zero-order valence-corrected chi connectivity index (χ0v) is 16.8. The summed E-state index contributed by atoms with van der Waals surface area (Å²) < 4.78 is 5.90. The summed E-state index contributed by atoms with van der Waals surface area (Å²) in [5.41, 5.74) is 1.33. The molecule has 0 saturated carbocycles. The molecule has 1 aliphatic heterocycles. The fourth-order valence-electron chi connectivity index (χ4n) is 2.69. The van der Waals surface area contributed by atoms with E-state index in [2.05, 4.69) is 0 Å². The van der Waals surface area contributed by atoms with Crippen molar-refractivity contribution in [2.45, 2.75) is 32.9 Å². The summed E-state index contributed by atoms with van der Waals surface area (Å²) in [6.07, 6.45) is 2.54. The second-order valence-corrected chi connectivity index (χ2v) is 7.56. The first-order chi connectivity index (χ1) is 13.9. The molecule has 150 valence electrons. The predicted molar refractivity (Wildman–Crippen MR) is 111 cm³/mol. The Labute approximate surface area is 172 Å². The molecule has 7 nitrogen and oxygen atoms in total. The Morgan fingerprint density at radius 3 is 2.52 bits per heavy atom. The monoisotopic (exact) mass is 412 g/mol. The average molecular weight is 412 g/mol. The minimum absolute atomic E-state index is 0.0294. The van der Waals surface area contributed by atoms with Crippen LogP contribution in [0.15, 0.2) is 53.4 Å². The van der Waals surface area contributed by atoms with Crippen LogP contribution in [0.2, 0.25) is 0 Å². The summed E-state index contributed by atoms with van der Waals surface area (Å²) in [4.78, 5) is 36.8. The van der Waals surface area contributed by atoms with Gasteiger partial charge in [0, 0.05) is 17.7 Å². The lowest BCUT2D eigenvalue weighted by atomic mass is 10.1. The number of hydrogen-bond donors (Lipinski definition) is 0. The molecule has 0 bridgehead atoms. The highest BCUT2D eigenvalue weighted by atomic mass is 32.2. The number of hydrogen-bond acceptors (Lipinski definition) is 6. The second-order valence-electron chi connectivity index (χ2n) is 6.57. The van der Waals surface area contributed by atoms with E-state index >= 15 is 0 Å². The van der Waals surface area contributed by atoms with E-state index in [4.69, 9.17) is 4.74 Å². The molecule has 3 rings (SSSR count). The quantitative estimate of drug-likeness (QED) is 0.361. The van der Waals surface area contributed by atoms with Crippen LogP contribution in [0.5, 0.6) is 5.75 Å². The maximum absolute atomic E-state index is 12.8. The van der Waals surface area contributed by atoms with Gasteiger partial charge in [0.25, 0.3) is 16.8 Å². The van der Waals surface area contributed by atoms with Crippen LogP contribution in [0.3, 0.4) is 0 Å². The number of imide groups is 1. The molecule has 0 N–H and O–H groups in total. The van der Waals surface area contributed by atoms with Gasteiger partial charge in [-0.25, -0.2) is 0 Å². The van der Waals surface area contributed by atoms with Gasteiger partial charge in [-0.05, 0) is 42.8 Å². The summed E-state index contributed by atoms with van der Waals surface area (Å²) in [7, 11) is 0. The zero-order valence-electron chi connectivity index (χ0n) is 16.0. The highest BCUT2D eigenvalue weighted by Gasteiger charge is 2.35. The number of nitro benzene ring substituents is 1. The lowest BCUT2D eigenvalue weighted by Gasteiger charge is -2.15. The van der Waals surface area contributed by atoms with E-state index in [0.29, 0.717) is 16.2 Å². The zero-order chi connectivity index (χ0) is 21.0. The van der Waals surface area contributed by atoms with E-state index in [0.717, 1.165) is 28.6 Å². The van der Waals surface area contributed by atoms with Gasteiger partial charge in [-0.1, -0.05) is 37.3 Å². The number of carbonyl (C=O) groups is 2. The van der Waals surface area contributed by atoms with Crippen LogP contribution in [0.4, 0.5) is 10.5 Å². The Bertz CT molecular complexity index is 971.